The first-order valence-corrected chi connectivity index (χ1v) is 19.5. The van der Waals surface area contributed by atoms with Crippen molar-refractivity contribution < 1.29 is 0 Å². The van der Waals surface area contributed by atoms with Gasteiger partial charge in [0, 0.05) is 57.4 Å². The SMILES string of the molecule is c1ccc2c(c1)-c1ccccc1C21c2ccccc2-c2ccc(N(c3ccc4c(c3)sc3ccccc34)c3ccc4c(c3)sc3ccccc34)cc21. The predicted molar refractivity (Wildman–Crippen MR) is 223 cm³/mol. The van der Waals surface area contributed by atoms with Gasteiger partial charge in [0.25, 0.3) is 0 Å². The molecule has 0 atom stereocenters. The fourth-order valence-corrected chi connectivity index (χ4v) is 11.7. The lowest BCUT2D eigenvalue weighted by Crippen LogP contribution is -2.26. The van der Waals surface area contributed by atoms with Crippen molar-refractivity contribution in [3.63, 3.8) is 0 Å². The minimum absolute atomic E-state index is 0.397. The summed E-state index contributed by atoms with van der Waals surface area (Å²) in [5.41, 5.74) is 13.8. The second kappa shape index (κ2) is 10.5. The molecule has 1 spiro atoms. The maximum atomic E-state index is 2.50. The molecule has 2 heterocycles. The highest BCUT2D eigenvalue weighted by molar-refractivity contribution is 7.26. The molecule has 12 rings (SSSR count). The molecule has 0 N–H and O–H groups in total. The first-order valence-electron chi connectivity index (χ1n) is 17.8. The Kier molecular flexibility index (Phi) is 5.80. The van der Waals surface area contributed by atoms with Gasteiger partial charge in [0.05, 0.1) is 5.41 Å². The van der Waals surface area contributed by atoms with Crippen LogP contribution in [0.15, 0.2) is 176 Å². The Hall–Kier alpha value is -6.00. The maximum Gasteiger partial charge on any atom is 0.0726 e. The minimum Gasteiger partial charge on any atom is -0.310 e. The average molecular weight is 696 g/mol. The monoisotopic (exact) mass is 695 g/mol. The van der Waals surface area contributed by atoms with Crippen LogP contribution in [0.5, 0.6) is 0 Å². The minimum atomic E-state index is -0.397. The van der Waals surface area contributed by atoms with E-state index >= 15 is 0 Å². The normalized spacial score (nSPS) is 13.5. The quantitative estimate of drug-likeness (QED) is 0.178. The average Bonchev–Trinajstić information content (AvgIpc) is 3.92. The number of benzene rings is 8. The van der Waals surface area contributed by atoms with Gasteiger partial charge < -0.3 is 4.90 Å². The van der Waals surface area contributed by atoms with E-state index in [2.05, 4.69) is 181 Å². The topological polar surface area (TPSA) is 3.24 Å². The molecular weight excluding hydrogens is 667 g/mol. The highest BCUT2D eigenvalue weighted by atomic mass is 32.1. The number of rotatable bonds is 3. The third-order valence-corrected chi connectivity index (χ3v) is 13.7. The van der Waals surface area contributed by atoms with Crippen LogP contribution in [-0.2, 0) is 5.41 Å². The summed E-state index contributed by atoms with van der Waals surface area (Å²) in [6.07, 6.45) is 0. The van der Waals surface area contributed by atoms with Crippen molar-refractivity contribution in [3.05, 3.63) is 198 Å². The van der Waals surface area contributed by atoms with E-state index in [-0.39, 0.29) is 0 Å². The molecule has 1 nitrogen and oxygen atoms in total. The molecule has 2 aliphatic rings. The summed E-state index contributed by atoms with van der Waals surface area (Å²) in [5.74, 6) is 0. The molecule has 0 amide bonds. The molecule has 0 aliphatic heterocycles. The Labute approximate surface area is 309 Å². The third-order valence-electron chi connectivity index (χ3n) is 11.5. The van der Waals surface area contributed by atoms with Gasteiger partial charge in [-0.2, -0.15) is 0 Å². The smallest absolute Gasteiger partial charge is 0.0726 e. The van der Waals surface area contributed by atoms with E-state index in [9.17, 15) is 0 Å². The van der Waals surface area contributed by atoms with Crippen LogP contribution in [0.25, 0.3) is 62.6 Å². The number of anilines is 3. The van der Waals surface area contributed by atoms with Gasteiger partial charge in [-0.3, -0.25) is 0 Å². The summed E-state index contributed by atoms with van der Waals surface area (Å²) in [7, 11) is 0. The molecule has 0 saturated heterocycles. The Balaban J connectivity index is 1.14. The van der Waals surface area contributed by atoms with E-state index in [4.69, 9.17) is 0 Å². The summed E-state index contributed by atoms with van der Waals surface area (Å²) in [4.78, 5) is 2.48. The van der Waals surface area contributed by atoms with Gasteiger partial charge in [0.2, 0.25) is 0 Å². The zero-order valence-corrected chi connectivity index (χ0v) is 29.6. The van der Waals surface area contributed by atoms with Crippen molar-refractivity contribution in [1.82, 2.24) is 0 Å². The molecule has 3 heteroatoms. The van der Waals surface area contributed by atoms with E-state index in [1.807, 2.05) is 22.7 Å². The number of thiophene rings is 2. The molecule has 0 fully saturated rings. The fourth-order valence-electron chi connectivity index (χ4n) is 9.38. The lowest BCUT2D eigenvalue weighted by Gasteiger charge is -2.32. The molecule has 10 aromatic rings. The third kappa shape index (κ3) is 3.71. The molecule has 52 heavy (non-hydrogen) atoms. The van der Waals surface area contributed by atoms with Gasteiger partial charge in [0.15, 0.2) is 0 Å². The lowest BCUT2D eigenvalue weighted by atomic mass is 9.70. The molecule has 242 valence electrons. The molecule has 0 saturated carbocycles. The van der Waals surface area contributed by atoms with E-state index in [1.54, 1.807) is 0 Å². The maximum absolute atomic E-state index is 2.50. The highest BCUT2D eigenvalue weighted by Gasteiger charge is 2.51. The van der Waals surface area contributed by atoms with Gasteiger partial charge in [-0.15, -0.1) is 22.7 Å². The summed E-state index contributed by atoms with van der Waals surface area (Å²) >= 11 is 3.75. The molecular formula is C49H29NS2. The Morgan fingerprint density at radius 1 is 0.308 bits per heavy atom. The molecule has 2 aromatic heterocycles. The summed E-state index contributed by atoms with van der Waals surface area (Å²) in [6.45, 7) is 0. The van der Waals surface area contributed by atoms with Gasteiger partial charge >= 0.3 is 0 Å². The molecule has 0 unspecified atom stereocenters. The standard InChI is InChI=1S/C49H29NS2/c1-6-16-41-33(11-1)34-12-2-7-17-42(34)49(41)43-18-8-3-13-35(43)36-24-21-30(27-44(36)49)50(31-22-25-39-37-14-4-9-19-45(37)51-47(39)28-31)32-23-26-40-38-15-5-10-20-46(38)52-48(40)29-32/h1-29H. The van der Waals surface area contributed by atoms with Gasteiger partial charge in [-0.1, -0.05) is 127 Å². The van der Waals surface area contributed by atoms with Crippen LogP contribution < -0.4 is 4.90 Å². The largest absolute Gasteiger partial charge is 0.310 e. The van der Waals surface area contributed by atoms with Crippen molar-refractivity contribution in [2.45, 2.75) is 5.41 Å². The Morgan fingerprint density at radius 3 is 1.21 bits per heavy atom. The zero-order valence-electron chi connectivity index (χ0n) is 28.0. The van der Waals surface area contributed by atoms with Crippen LogP contribution in [0.1, 0.15) is 22.3 Å². The predicted octanol–water partition coefficient (Wildman–Crippen LogP) is 14.2. The van der Waals surface area contributed by atoms with Crippen molar-refractivity contribution >= 4 is 80.1 Å². The summed E-state index contributed by atoms with van der Waals surface area (Å²) in [6, 6.07) is 66.0. The first-order chi connectivity index (χ1) is 25.8. The lowest BCUT2D eigenvalue weighted by molar-refractivity contribution is 0.793. The molecule has 0 bridgehead atoms. The van der Waals surface area contributed by atoms with E-state index in [0.29, 0.717) is 0 Å². The summed E-state index contributed by atoms with van der Waals surface area (Å²) < 4.78 is 5.25. The fraction of sp³-hybridized carbons (Fsp3) is 0.0204. The molecule has 0 radical (unpaired) electrons. The van der Waals surface area contributed by atoms with Crippen LogP contribution in [-0.4, -0.2) is 0 Å². The van der Waals surface area contributed by atoms with E-state index < -0.39 is 5.41 Å². The van der Waals surface area contributed by atoms with Crippen LogP contribution >= 0.6 is 22.7 Å². The van der Waals surface area contributed by atoms with Crippen molar-refractivity contribution in [2.75, 3.05) is 4.90 Å². The summed E-state index contributed by atoms with van der Waals surface area (Å²) in [5, 5.41) is 5.27. The Morgan fingerprint density at radius 2 is 0.692 bits per heavy atom. The first kappa shape index (κ1) is 28.7. The van der Waals surface area contributed by atoms with Crippen LogP contribution in [0, 0.1) is 0 Å². The van der Waals surface area contributed by atoms with Crippen LogP contribution in [0.3, 0.4) is 0 Å². The number of fused-ring (bicyclic) bond motifs is 16. The molecule has 2 aliphatic carbocycles. The van der Waals surface area contributed by atoms with Crippen LogP contribution in [0.4, 0.5) is 17.1 Å². The van der Waals surface area contributed by atoms with Gasteiger partial charge in [0.1, 0.15) is 0 Å². The van der Waals surface area contributed by atoms with Gasteiger partial charge in [-0.05, 0) is 93.0 Å². The number of hydrogen-bond acceptors (Lipinski definition) is 3. The highest BCUT2D eigenvalue weighted by Crippen LogP contribution is 2.63. The zero-order chi connectivity index (χ0) is 34.0. The number of hydrogen-bond donors (Lipinski definition) is 0. The second-order valence-electron chi connectivity index (χ2n) is 14.0. The van der Waals surface area contributed by atoms with E-state index in [0.717, 1.165) is 17.1 Å². The van der Waals surface area contributed by atoms with Gasteiger partial charge in [-0.25, -0.2) is 0 Å². The molecule has 8 aromatic carbocycles. The van der Waals surface area contributed by atoms with Crippen LogP contribution in [0.2, 0.25) is 0 Å². The van der Waals surface area contributed by atoms with Crippen molar-refractivity contribution in [3.8, 4) is 22.3 Å². The van der Waals surface area contributed by atoms with Crippen molar-refractivity contribution in [2.24, 2.45) is 0 Å². The second-order valence-corrected chi connectivity index (χ2v) is 16.2. The Bertz CT molecular complexity index is 2930. The number of nitrogens with zero attached hydrogens (tertiary/aromatic N) is 1. The van der Waals surface area contributed by atoms with Crippen molar-refractivity contribution in [1.29, 1.82) is 0 Å². The van der Waals surface area contributed by atoms with E-state index in [1.165, 1.54) is 84.9 Å².